The molecule has 0 radical (unpaired) electrons. The highest BCUT2D eigenvalue weighted by atomic mass is 32.2. The van der Waals surface area contributed by atoms with Crippen LogP contribution in [0.2, 0.25) is 0 Å². The molecule has 0 fully saturated rings. The molecule has 4 nitrogen and oxygen atoms in total. The van der Waals surface area contributed by atoms with Crippen molar-refractivity contribution in [1.29, 1.82) is 0 Å². The zero-order valence-electron chi connectivity index (χ0n) is 10.6. The molecule has 6 heteroatoms. The van der Waals surface area contributed by atoms with E-state index < -0.39 is 0 Å². The molecule has 2 rings (SSSR count). The average molecular weight is 280 g/mol. The van der Waals surface area contributed by atoms with Gasteiger partial charge in [0.15, 0.2) is 0 Å². The summed E-state index contributed by atoms with van der Waals surface area (Å²) >= 11 is 1.49. The van der Waals surface area contributed by atoms with Crippen molar-refractivity contribution in [2.75, 3.05) is 12.3 Å². The molecule has 1 heterocycles. The molecule has 2 N–H and O–H groups in total. The third-order valence-electron chi connectivity index (χ3n) is 2.64. The van der Waals surface area contributed by atoms with Gasteiger partial charge in [0.1, 0.15) is 5.82 Å². The molecule has 0 amide bonds. The van der Waals surface area contributed by atoms with Gasteiger partial charge in [-0.3, -0.25) is 4.68 Å². The second-order valence-electron chi connectivity index (χ2n) is 4.14. The van der Waals surface area contributed by atoms with Crippen LogP contribution in [0.1, 0.15) is 12.1 Å². The average Bonchev–Trinajstić information content (AvgIpc) is 2.86. The minimum Gasteiger partial charge on any atom is -0.330 e. The predicted molar refractivity (Wildman–Crippen MR) is 74.5 cm³/mol. The standard InChI is InChI=1S/C13H17FN4S/c14-12-5-1-2-6-13(12)19-9-8-18-10-11(16-17-18)4-3-7-15/h1-2,5-6,10H,3-4,7-9,15H2. The number of aryl methyl sites for hydroxylation is 2. The van der Waals surface area contributed by atoms with Gasteiger partial charge in [0.05, 0.1) is 12.2 Å². The maximum Gasteiger partial charge on any atom is 0.136 e. The highest BCUT2D eigenvalue weighted by molar-refractivity contribution is 7.99. The van der Waals surface area contributed by atoms with E-state index in [1.54, 1.807) is 16.8 Å². The van der Waals surface area contributed by atoms with Gasteiger partial charge in [0.25, 0.3) is 0 Å². The van der Waals surface area contributed by atoms with Gasteiger partial charge >= 0.3 is 0 Å². The summed E-state index contributed by atoms with van der Waals surface area (Å²) < 4.78 is 15.2. The van der Waals surface area contributed by atoms with E-state index in [9.17, 15) is 4.39 Å². The Bertz CT molecular complexity index is 515. The molecular formula is C13H17FN4S. The molecule has 0 saturated carbocycles. The molecule has 102 valence electrons. The van der Waals surface area contributed by atoms with E-state index in [0.717, 1.165) is 24.3 Å². The lowest BCUT2D eigenvalue weighted by atomic mass is 10.2. The summed E-state index contributed by atoms with van der Waals surface area (Å²) in [7, 11) is 0. The first-order chi connectivity index (χ1) is 9.29. The number of hydrogen-bond donors (Lipinski definition) is 1. The fourth-order valence-corrected chi connectivity index (χ4v) is 2.54. The zero-order chi connectivity index (χ0) is 13.5. The number of aromatic nitrogens is 3. The van der Waals surface area contributed by atoms with Gasteiger partial charge in [0.2, 0.25) is 0 Å². The maximum atomic E-state index is 13.4. The number of nitrogens with two attached hydrogens (primary N) is 1. The van der Waals surface area contributed by atoms with Crippen LogP contribution in [0.25, 0.3) is 0 Å². The van der Waals surface area contributed by atoms with Crippen LogP contribution in [0.5, 0.6) is 0 Å². The number of hydrogen-bond acceptors (Lipinski definition) is 4. The van der Waals surface area contributed by atoms with Crippen molar-refractivity contribution in [3.63, 3.8) is 0 Å². The van der Waals surface area contributed by atoms with E-state index >= 15 is 0 Å². The summed E-state index contributed by atoms with van der Waals surface area (Å²) in [6.07, 6.45) is 3.71. The minimum atomic E-state index is -0.172. The minimum absolute atomic E-state index is 0.172. The molecule has 19 heavy (non-hydrogen) atoms. The Hall–Kier alpha value is -1.40. The van der Waals surface area contributed by atoms with E-state index in [0.29, 0.717) is 18.0 Å². The molecule has 0 aliphatic rings. The van der Waals surface area contributed by atoms with Crippen molar-refractivity contribution in [2.45, 2.75) is 24.3 Å². The van der Waals surface area contributed by atoms with E-state index in [1.807, 2.05) is 12.3 Å². The van der Waals surface area contributed by atoms with Crippen molar-refractivity contribution < 1.29 is 4.39 Å². The lowest BCUT2D eigenvalue weighted by molar-refractivity contribution is 0.600. The first kappa shape index (κ1) is 14.0. The molecule has 1 aromatic carbocycles. The smallest absolute Gasteiger partial charge is 0.136 e. The normalized spacial score (nSPS) is 10.8. The third kappa shape index (κ3) is 4.33. The van der Waals surface area contributed by atoms with Crippen molar-refractivity contribution in [2.24, 2.45) is 5.73 Å². The molecule has 0 unspecified atom stereocenters. The zero-order valence-corrected chi connectivity index (χ0v) is 11.4. The van der Waals surface area contributed by atoms with Gasteiger partial charge in [-0.2, -0.15) is 0 Å². The Morgan fingerprint density at radius 2 is 2.16 bits per heavy atom. The van der Waals surface area contributed by atoms with E-state index in [4.69, 9.17) is 5.73 Å². The monoisotopic (exact) mass is 280 g/mol. The molecule has 0 atom stereocenters. The summed E-state index contributed by atoms with van der Waals surface area (Å²) in [4.78, 5) is 0.672. The molecule has 0 aliphatic carbocycles. The number of benzene rings is 1. The second kappa shape index (κ2) is 7.25. The summed E-state index contributed by atoms with van der Waals surface area (Å²) in [5.74, 6) is 0.593. The molecule has 0 spiro atoms. The van der Waals surface area contributed by atoms with Gasteiger partial charge in [-0.15, -0.1) is 16.9 Å². The summed E-state index contributed by atoms with van der Waals surface area (Å²) in [6, 6.07) is 6.79. The maximum absolute atomic E-state index is 13.4. The van der Waals surface area contributed by atoms with Crippen molar-refractivity contribution in [1.82, 2.24) is 15.0 Å². The Balaban J connectivity index is 1.79. The van der Waals surface area contributed by atoms with Crippen LogP contribution in [-0.2, 0) is 13.0 Å². The molecule has 0 aliphatic heterocycles. The largest absolute Gasteiger partial charge is 0.330 e. The summed E-state index contributed by atoms with van der Waals surface area (Å²) in [5, 5.41) is 8.11. The van der Waals surface area contributed by atoms with E-state index in [2.05, 4.69) is 10.3 Å². The van der Waals surface area contributed by atoms with E-state index in [1.165, 1.54) is 17.8 Å². The predicted octanol–water partition coefficient (Wildman–Crippen LogP) is 2.10. The summed E-state index contributed by atoms with van der Waals surface area (Å²) in [5.41, 5.74) is 6.41. The molecular weight excluding hydrogens is 263 g/mol. The van der Waals surface area contributed by atoms with Gasteiger partial charge in [-0.05, 0) is 31.5 Å². The fourth-order valence-electron chi connectivity index (χ4n) is 1.66. The van der Waals surface area contributed by atoms with Crippen LogP contribution < -0.4 is 5.73 Å². The number of rotatable bonds is 7. The first-order valence-electron chi connectivity index (χ1n) is 6.26. The Morgan fingerprint density at radius 3 is 2.95 bits per heavy atom. The number of halogens is 1. The van der Waals surface area contributed by atoms with Crippen LogP contribution in [0.3, 0.4) is 0 Å². The van der Waals surface area contributed by atoms with Crippen molar-refractivity contribution in [3.8, 4) is 0 Å². The highest BCUT2D eigenvalue weighted by Crippen LogP contribution is 2.21. The van der Waals surface area contributed by atoms with Crippen LogP contribution >= 0.6 is 11.8 Å². The van der Waals surface area contributed by atoms with Crippen LogP contribution in [0.15, 0.2) is 35.4 Å². The van der Waals surface area contributed by atoms with E-state index in [-0.39, 0.29) is 5.82 Å². The van der Waals surface area contributed by atoms with Crippen molar-refractivity contribution >= 4 is 11.8 Å². The van der Waals surface area contributed by atoms with Gasteiger partial charge in [-0.1, -0.05) is 17.3 Å². The number of nitrogens with zero attached hydrogens (tertiary/aromatic N) is 3. The van der Waals surface area contributed by atoms with Crippen LogP contribution in [0.4, 0.5) is 4.39 Å². The Labute approximate surface area is 116 Å². The Morgan fingerprint density at radius 1 is 1.32 bits per heavy atom. The molecule has 2 aromatic rings. The van der Waals surface area contributed by atoms with Gasteiger partial charge in [0, 0.05) is 16.8 Å². The van der Waals surface area contributed by atoms with Gasteiger partial charge in [-0.25, -0.2) is 4.39 Å². The topological polar surface area (TPSA) is 56.7 Å². The third-order valence-corrected chi connectivity index (χ3v) is 3.67. The lowest BCUT2D eigenvalue weighted by Crippen LogP contribution is -2.01. The molecule has 1 aromatic heterocycles. The second-order valence-corrected chi connectivity index (χ2v) is 5.28. The van der Waals surface area contributed by atoms with Gasteiger partial charge < -0.3 is 5.73 Å². The first-order valence-corrected chi connectivity index (χ1v) is 7.24. The SMILES string of the molecule is NCCCc1cn(CCSc2ccccc2F)nn1. The van der Waals surface area contributed by atoms with Crippen LogP contribution in [-0.4, -0.2) is 27.3 Å². The number of thioether (sulfide) groups is 1. The van der Waals surface area contributed by atoms with Crippen molar-refractivity contribution in [3.05, 3.63) is 42.0 Å². The Kier molecular flexibility index (Phi) is 5.35. The summed E-state index contributed by atoms with van der Waals surface area (Å²) in [6.45, 7) is 1.38. The highest BCUT2D eigenvalue weighted by Gasteiger charge is 2.03. The fraction of sp³-hybridized carbons (Fsp3) is 0.385. The quantitative estimate of drug-likeness (QED) is 0.789. The lowest BCUT2D eigenvalue weighted by Gasteiger charge is -2.02. The molecule has 0 saturated heterocycles. The van der Waals surface area contributed by atoms with Crippen LogP contribution in [0, 0.1) is 5.82 Å². The molecule has 0 bridgehead atoms.